The molecule has 0 bridgehead atoms. The van der Waals surface area contributed by atoms with Crippen LogP contribution in [0.1, 0.15) is 25.1 Å². The van der Waals surface area contributed by atoms with Crippen LogP contribution >= 0.6 is 11.3 Å². The van der Waals surface area contributed by atoms with Gasteiger partial charge in [0.25, 0.3) is 0 Å². The predicted molar refractivity (Wildman–Crippen MR) is 74.1 cm³/mol. The number of hydrogen-bond acceptors (Lipinski definition) is 3. The van der Waals surface area contributed by atoms with Crippen molar-refractivity contribution >= 4 is 23.2 Å². The van der Waals surface area contributed by atoms with E-state index in [-0.39, 0.29) is 11.8 Å². The molecule has 4 nitrogen and oxygen atoms in total. The van der Waals surface area contributed by atoms with Gasteiger partial charge in [0.2, 0.25) is 5.91 Å². The number of amides is 1. The Labute approximate surface area is 117 Å². The highest BCUT2D eigenvalue weighted by atomic mass is 32.1. The number of carboxylic acid groups (broad SMARTS) is 1. The molecule has 0 aliphatic carbocycles. The zero-order valence-electron chi connectivity index (χ0n) is 11.3. The number of rotatable bonds is 4. The quantitative estimate of drug-likeness (QED) is 0.921. The molecule has 1 N–H and O–H groups in total. The van der Waals surface area contributed by atoms with Crippen molar-refractivity contribution in [1.82, 2.24) is 4.90 Å². The Kier molecular flexibility index (Phi) is 3.94. The van der Waals surface area contributed by atoms with E-state index in [1.165, 1.54) is 0 Å². The molecule has 0 radical (unpaired) electrons. The third kappa shape index (κ3) is 2.66. The van der Waals surface area contributed by atoms with Gasteiger partial charge < -0.3 is 10.0 Å². The van der Waals surface area contributed by atoms with Crippen LogP contribution in [0.3, 0.4) is 0 Å². The first-order chi connectivity index (χ1) is 8.95. The molecule has 1 atom stereocenters. The summed E-state index contributed by atoms with van der Waals surface area (Å²) >= 11 is 1.56. The highest BCUT2D eigenvalue weighted by Gasteiger charge is 2.48. The molecular formula is C14H19NO3S. The molecule has 0 saturated carbocycles. The van der Waals surface area contributed by atoms with Crippen LogP contribution in [0.5, 0.6) is 0 Å². The summed E-state index contributed by atoms with van der Waals surface area (Å²) in [6, 6.07) is 3.86. The average molecular weight is 281 g/mol. The van der Waals surface area contributed by atoms with Crippen LogP contribution in [0, 0.1) is 11.3 Å². The van der Waals surface area contributed by atoms with Crippen molar-refractivity contribution in [3.05, 3.63) is 22.4 Å². The normalized spacial score (nSPS) is 23.0. The lowest BCUT2D eigenvalue weighted by Gasteiger charge is -2.28. The first-order valence-electron chi connectivity index (χ1n) is 6.49. The maximum Gasteiger partial charge on any atom is 0.311 e. The topological polar surface area (TPSA) is 57.6 Å². The van der Waals surface area contributed by atoms with Crippen LogP contribution in [-0.4, -0.2) is 35.0 Å². The Hall–Kier alpha value is -1.36. The summed E-state index contributed by atoms with van der Waals surface area (Å²) < 4.78 is 0. The van der Waals surface area contributed by atoms with Crippen LogP contribution < -0.4 is 0 Å². The fourth-order valence-electron chi connectivity index (χ4n) is 2.61. The molecular weight excluding hydrogens is 262 g/mol. The maximum absolute atomic E-state index is 12.2. The van der Waals surface area contributed by atoms with Gasteiger partial charge in [-0.1, -0.05) is 19.9 Å². The maximum atomic E-state index is 12.2. The molecule has 1 unspecified atom stereocenters. The van der Waals surface area contributed by atoms with Crippen molar-refractivity contribution < 1.29 is 14.7 Å². The van der Waals surface area contributed by atoms with E-state index < -0.39 is 11.4 Å². The largest absolute Gasteiger partial charge is 0.481 e. The molecule has 2 heterocycles. The minimum atomic E-state index is -0.783. The van der Waals surface area contributed by atoms with Gasteiger partial charge in [0.15, 0.2) is 0 Å². The third-order valence-electron chi connectivity index (χ3n) is 4.09. The molecule has 1 saturated heterocycles. The van der Waals surface area contributed by atoms with Crippen molar-refractivity contribution in [3.8, 4) is 0 Å². The lowest BCUT2D eigenvalue weighted by atomic mass is 9.76. The molecule has 1 amide bonds. The summed E-state index contributed by atoms with van der Waals surface area (Å²) in [5.41, 5.74) is -0.773. The van der Waals surface area contributed by atoms with E-state index in [4.69, 9.17) is 0 Å². The van der Waals surface area contributed by atoms with E-state index in [1.54, 1.807) is 16.2 Å². The summed E-state index contributed by atoms with van der Waals surface area (Å²) in [4.78, 5) is 26.4. The van der Waals surface area contributed by atoms with Crippen molar-refractivity contribution in [2.45, 2.75) is 26.7 Å². The zero-order valence-corrected chi connectivity index (χ0v) is 12.1. The lowest BCUT2D eigenvalue weighted by Crippen LogP contribution is -2.40. The molecule has 5 heteroatoms. The van der Waals surface area contributed by atoms with E-state index in [9.17, 15) is 14.7 Å². The van der Waals surface area contributed by atoms with Gasteiger partial charge in [-0.25, -0.2) is 0 Å². The molecule has 19 heavy (non-hydrogen) atoms. The number of carbonyl (C=O) groups is 2. The molecule has 1 aromatic heterocycles. The second-order valence-corrected chi connectivity index (χ2v) is 6.47. The second-order valence-electron chi connectivity index (χ2n) is 5.44. The van der Waals surface area contributed by atoms with Gasteiger partial charge in [-0.05, 0) is 23.8 Å². The van der Waals surface area contributed by atoms with E-state index in [0.29, 0.717) is 25.9 Å². The highest BCUT2D eigenvalue weighted by Crippen LogP contribution is 2.38. The Morgan fingerprint density at radius 1 is 1.53 bits per heavy atom. The predicted octanol–water partition coefficient (Wildman–Crippen LogP) is 2.25. The monoisotopic (exact) mass is 281 g/mol. The van der Waals surface area contributed by atoms with Gasteiger partial charge in [0.05, 0.1) is 11.8 Å². The van der Waals surface area contributed by atoms with Crippen LogP contribution in [0.4, 0.5) is 0 Å². The van der Waals surface area contributed by atoms with Gasteiger partial charge in [-0.2, -0.15) is 0 Å². The van der Waals surface area contributed by atoms with Gasteiger partial charge in [0.1, 0.15) is 0 Å². The molecule has 1 aliphatic rings. The van der Waals surface area contributed by atoms with Gasteiger partial charge in [0, 0.05) is 18.0 Å². The summed E-state index contributed by atoms with van der Waals surface area (Å²) in [6.45, 7) is 4.72. The van der Waals surface area contributed by atoms with E-state index in [0.717, 1.165) is 4.88 Å². The molecule has 0 spiro atoms. The van der Waals surface area contributed by atoms with Gasteiger partial charge >= 0.3 is 5.97 Å². The summed E-state index contributed by atoms with van der Waals surface area (Å²) in [5.74, 6) is -0.718. The first-order valence-corrected chi connectivity index (χ1v) is 7.37. The number of hydrogen-bond donors (Lipinski definition) is 1. The first kappa shape index (κ1) is 14.1. The van der Waals surface area contributed by atoms with E-state index >= 15 is 0 Å². The Morgan fingerprint density at radius 2 is 2.26 bits per heavy atom. The van der Waals surface area contributed by atoms with Crippen molar-refractivity contribution in [3.63, 3.8) is 0 Å². The van der Waals surface area contributed by atoms with E-state index in [1.807, 2.05) is 31.4 Å². The van der Waals surface area contributed by atoms with Crippen molar-refractivity contribution in [2.24, 2.45) is 11.3 Å². The second kappa shape index (κ2) is 5.33. The number of thiophene rings is 1. The number of likely N-dealkylation sites (tertiary alicyclic amines) is 1. The number of carbonyl (C=O) groups excluding carboxylic acids is 1. The Balaban J connectivity index is 2.05. The van der Waals surface area contributed by atoms with Crippen molar-refractivity contribution in [2.75, 3.05) is 13.1 Å². The molecule has 104 valence electrons. The summed E-state index contributed by atoms with van der Waals surface area (Å²) in [7, 11) is 0. The van der Waals surface area contributed by atoms with Crippen LogP contribution in [-0.2, 0) is 16.0 Å². The van der Waals surface area contributed by atoms with Crippen LogP contribution in [0.2, 0.25) is 0 Å². The van der Waals surface area contributed by atoms with Gasteiger partial charge in [-0.15, -0.1) is 11.3 Å². The fourth-order valence-corrected chi connectivity index (χ4v) is 3.31. The standard InChI is InChI=1S/C14H19NO3S/c1-10(2)14(13(17)18)5-6-15(9-14)12(16)8-11-4-3-7-19-11/h3-4,7,10H,5-6,8-9H2,1-2H3,(H,17,18). The fraction of sp³-hybridized carbons (Fsp3) is 0.571. The summed E-state index contributed by atoms with van der Waals surface area (Å²) in [5, 5.41) is 11.4. The van der Waals surface area contributed by atoms with Crippen molar-refractivity contribution in [1.29, 1.82) is 0 Å². The smallest absolute Gasteiger partial charge is 0.311 e. The molecule has 2 rings (SSSR count). The molecule has 1 aliphatic heterocycles. The highest BCUT2D eigenvalue weighted by molar-refractivity contribution is 7.10. The minimum Gasteiger partial charge on any atom is -0.481 e. The number of aliphatic carboxylic acids is 1. The van der Waals surface area contributed by atoms with E-state index in [2.05, 4.69) is 0 Å². The zero-order chi connectivity index (χ0) is 14.0. The van der Waals surface area contributed by atoms with Crippen LogP contribution in [0.15, 0.2) is 17.5 Å². The number of carboxylic acids is 1. The Bertz CT molecular complexity index is 469. The Morgan fingerprint density at radius 3 is 2.74 bits per heavy atom. The average Bonchev–Trinajstić information content (AvgIpc) is 2.97. The minimum absolute atomic E-state index is 0.0320. The van der Waals surface area contributed by atoms with Gasteiger partial charge in [-0.3, -0.25) is 9.59 Å². The number of nitrogens with zero attached hydrogens (tertiary/aromatic N) is 1. The SMILES string of the molecule is CC(C)C1(C(=O)O)CCN(C(=O)Cc2cccs2)C1. The van der Waals surface area contributed by atoms with Crippen LogP contribution in [0.25, 0.3) is 0 Å². The lowest BCUT2D eigenvalue weighted by molar-refractivity contribution is -0.151. The molecule has 1 aromatic rings. The molecule has 1 fully saturated rings. The molecule has 0 aromatic carbocycles. The summed E-state index contributed by atoms with van der Waals surface area (Å²) in [6.07, 6.45) is 0.932. The third-order valence-corrected chi connectivity index (χ3v) is 4.97.